The van der Waals surface area contributed by atoms with Crippen molar-refractivity contribution in [3.8, 4) is 0 Å². The van der Waals surface area contributed by atoms with Crippen LogP contribution in [0, 0.1) is 0 Å². The van der Waals surface area contributed by atoms with Crippen LogP contribution in [0.15, 0.2) is 122 Å². The van der Waals surface area contributed by atoms with Gasteiger partial charge in [-0.2, -0.15) is 0 Å². The third-order valence-electron chi connectivity index (χ3n) is 9.98. The van der Waals surface area contributed by atoms with Crippen molar-refractivity contribution in [3.63, 3.8) is 0 Å². The largest absolute Gasteiger partial charge is 0.477 e. The van der Waals surface area contributed by atoms with Gasteiger partial charge in [0, 0.05) is 12.8 Å². The van der Waals surface area contributed by atoms with Gasteiger partial charge in [0.1, 0.15) is 13.2 Å². The Morgan fingerprint density at radius 2 is 0.864 bits per heavy atom. The van der Waals surface area contributed by atoms with Gasteiger partial charge >= 0.3 is 17.9 Å². The maximum atomic E-state index is 12.8. The number of carboxylic acid groups (broad SMARTS) is 1. The Labute approximate surface area is 402 Å². The van der Waals surface area contributed by atoms with Gasteiger partial charge in [0.25, 0.3) is 6.29 Å². The zero-order valence-electron chi connectivity index (χ0n) is 42.0. The zero-order chi connectivity index (χ0) is 48.4. The summed E-state index contributed by atoms with van der Waals surface area (Å²) in [6.07, 6.45) is 62.9. The molecule has 1 N–H and O–H groups in total. The molecule has 2 atom stereocenters. The van der Waals surface area contributed by atoms with Crippen molar-refractivity contribution in [2.24, 2.45) is 0 Å². The van der Waals surface area contributed by atoms with E-state index in [1.54, 1.807) is 0 Å². The van der Waals surface area contributed by atoms with Crippen molar-refractivity contribution in [1.82, 2.24) is 0 Å². The molecule has 0 saturated heterocycles. The molecule has 0 radical (unpaired) electrons. The standard InChI is InChI=1S/C57H91NO8/c1-6-8-10-12-14-16-17-18-19-20-21-22-23-24-25-26-27-28-29-30-31-32-33-34-35-36-37-38-39-40-42-44-46-48-55(60)66-53(52-65-57(56(61)62)63-50-49-58(3,4)5)51-64-54(59)47-45-43-41-15-13-11-9-7-2/h8,10,14,16,18-19,21-22,24-25,27-28,30-31,33-34,36-37,39-40,53,57H,6-7,9,11-13,15,17,20,23,26,29,32,35,38,41-52H2,1-5H3/p+1/b10-8-,16-14-,19-18-,22-21-,25-24-,28-27-,31-30-,34-33-,37-36-,40-39-. The number of carbonyl (C=O) groups excluding carboxylic acids is 2. The lowest BCUT2D eigenvalue weighted by Crippen LogP contribution is -2.40. The Bertz CT molecular complexity index is 1490. The molecule has 0 fully saturated rings. The molecule has 0 rings (SSSR count). The number of quaternary nitrogens is 1. The van der Waals surface area contributed by atoms with Crippen LogP contribution >= 0.6 is 0 Å². The maximum Gasteiger partial charge on any atom is 0.361 e. The summed E-state index contributed by atoms with van der Waals surface area (Å²) in [5.41, 5.74) is 0. The van der Waals surface area contributed by atoms with E-state index in [0.29, 0.717) is 17.4 Å². The third kappa shape index (κ3) is 47.6. The van der Waals surface area contributed by atoms with Crippen LogP contribution in [0.5, 0.6) is 0 Å². The number of aliphatic carboxylic acids is 1. The van der Waals surface area contributed by atoms with Gasteiger partial charge in [-0.15, -0.1) is 0 Å². The van der Waals surface area contributed by atoms with E-state index in [0.717, 1.165) is 96.3 Å². The van der Waals surface area contributed by atoms with Gasteiger partial charge < -0.3 is 28.5 Å². The first-order valence-corrected chi connectivity index (χ1v) is 25.2. The number of carboxylic acids is 1. The van der Waals surface area contributed by atoms with Crippen LogP contribution in [0.2, 0.25) is 0 Å². The number of hydrogen-bond acceptors (Lipinski definition) is 7. The van der Waals surface area contributed by atoms with Crippen molar-refractivity contribution >= 4 is 17.9 Å². The number of likely N-dealkylation sites (N-methyl/N-ethyl adjacent to an activating group) is 1. The van der Waals surface area contributed by atoms with Crippen LogP contribution in [0.1, 0.15) is 162 Å². The first-order valence-electron chi connectivity index (χ1n) is 25.2. The average Bonchev–Trinajstić information content (AvgIpc) is 3.28. The summed E-state index contributed by atoms with van der Waals surface area (Å²) >= 11 is 0. The highest BCUT2D eigenvalue weighted by Gasteiger charge is 2.25. The van der Waals surface area contributed by atoms with Crippen molar-refractivity contribution in [1.29, 1.82) is 0 Å². The minimum Gasteiger partial charge on any atom is -0.477 e. The molecule has 0 heterocycles. The SMILES string of the molecule is CC/C=C\C/C=C\C/C=C\C/C=C\C/C=C\C/C=C\C/C=C\C/C=C\C/C=C\C/C=C\CCCCC(=O)OC(COC(=O)CCCCCCCCCC)COC(OCC[N+](C)(C)C)C(=O)O. The fourth-order valence-corrected chi connectivity index (χ4v) is 6.10. The molecule has 9 heteroatoms. The van der Waals surface area contributed by atoms with Crippen molar-refractivity contribution in [3.05, 3.63) is 122 Å². The fraction of sp³-hybridized carbons (Fsp3) is 0.596. The third-order valence-corrected chi connectivity index (χ3v) is 9.98. The van der Waals surface area contributed by atoms with E-state index in [4.69, 9.17) is 18.9 Å². The number of esters is 2. The molecule has 2 unspecified atom stereocenters. The van der Waals surface area contributed by atoms with Gasteiger partial charge in [-0.1, -0.05) is 180 Å². The summed E-state index contributed by atoms with van der Waals surface area (Å²) in [7, 11) is 5.92. The zero-order valence-corrected chi connectivity index (χ0v) is 42.0. The topological polar surface area (TPSA) is 108 Å². The smallest absolute Gasteiger partial charge is 0.361 e. The summed E-state index contributed by atoms with van der Waals surface area (Å²) in [6.45, 7) is 4.63. The molecule has 0 aliphatic heterocycles. The molecule has 0 aliphatic carbocycles. The second-order valence-corrected chi connectivity index (χ2v) is 17.4. The number of carbonyl (C=O) groups is 3. The predicted octanol–water partition coefficient (Wildman–Crippen LogP) is 14.2. The number of allylic oxidation sites excluding steroid dienone is 20. The van der Waals surface area contributed by atoms with E-state index in [1.165, 1.54) is 32.1 Å². The van der Waals surface area contributed by atoms with Gasteiger partial charge in [0.2, 0.25) is 0 Å². The Morgan fingerprint density at radius 3 is 1.29 bits per heavy atom. The van der Waals surface area contributed by atoms with E-state index >= 15 is 0 Å². The monoisotopic (exact) mass is 919 g/mol. The number of unbranched alkanes of at least 4 members (excludes halogenated alkanes) is 9. The summed E-state index contributed by atoms with van der Waals surface area (Å²) in [5.74, 6) is -2.09. The van der Waals surface area contributed by atoms with Crippen LogP contribution < -0.4 is 0 Å². The molecule has 0 aromatic rings. The Kier molecular flexibility index (Phi) is 44.1. The molecule has 372 valence electrons. The number of ether oxygens (including phenoxy) is 4. The average molecular weight is 919 g/mol. The van der Waals surface area contributed by atoms with Crippen LogP contribution in [-0.4, -0.2) is 87.4 Å². The maximum absolute atomic E-state index is 12.8. The summed E-state index contributed by atoms with van der Waals surface area (Å²) in [5, 5.41) is 9.62. The Morgan fingerprint density at radius 1 is 0.470 bits per heavy atom. The fourth-order valence-electron chi connectivity index (χ4n) is 6.10. The molecule has 66 heavy (non-hydrogen) atoms. The van der Waals surface area contributed by atoms with E-state index in [2.05, 4.69) is 135 Å². The van der Waals surface area contributed by atoms with E-state index in [-0.39, 0.29) is 38.6 Å². The Hall–Kier alpha value is -4.31. The summed E-state index contributed by atoms with van der Waals surface area (Å²) in [6, 6.07) is 0. The molecule has 9 nitrogen and oxygen atoms in total. The summed E-state index contributed by atoms with van der Waals surface area (Å²) in [4.78, 5) is 37.0. The Balaban J connectivity index is 4.32. The molecular weight excluding hydrogens is 827 g/mol. The lowest BCUT2D eigenvalue weighted by Gasteiger charge is -2.25. The second-order valence-electron chi connectivity index (χ2n) is 17.4. The molecule has 0 bridgehead atoms. The lowest BCUT2D eigenvalue weighted by atomic mass is 10.1. The van der Waals surface area contributed by atoms with E-state index in [1.807, 2.05) is 21.1 Å². The van der Waals surface area contributed by atoms with Crippen LogP contribution in [0.3, 0.4) is 0 Å². The van der Waals surface area contributed by atoms with Crippen molar-refractivity contribution < 1.29 is 42.9 Å². The predicted molar refractivity (Wildman–Crippen MR) is 276 cm³/mol. The van der Waals surface area contributed by atoms with E-state index in [9.17, 15) is 19.5 Å². The molecule has 0 aromatic carbocycles. The van der Waals surface area contributed by atoms with Gasteiger partial charge in [0.15, 0.2) is 6.10 Å². The highest BCUT2D eigenvalue weighted by molar-refractivity contribution is 5.71. The van der Waals surface area contributed by atoms with Gasteiger partial charge in [-0.05, 0) is 89.9 Å². The highest BCUT2D eigenvalue weighted by Crippen LogP contribution is 2.12. The summed E-state index contributed by atoms with van der Waals surface area (Å²) < 4.78 is 22.6. The number of hydrogen-bond donors (Lipinski definition) is 1. The van der Waals surface area contributed by atoms with Gasteiger partial charge in [-0.25, -0.2) is 4.79 Å². The van der Waals surface area contributed by atoms with E-state index < -0.39 is 24.3 Å². The van der Waals surface area contributed by atoms with Crippen LogP contribution in [0.25, 0.3) is 0 Å². The van der Waals surface area contributed by atoms with Crippen molar-refractivity contribution in [2.45, 2.75) is 174 Å². The molecular formula is C57H92NO8+. The quantitative estimate of drug-likeness (QED) is 0.0212. The van der Waals surface area contributed by atoms with Gasteiger partial charge in [0.05, 0.1) is 34.4 Å². The first kappa shape index (κ1) is 61.7. The van der Waals surface area contributed by atoms with Crippen LogP contribution in [0.4, 0.5) is 0 Å². The lowest BCUT2D eigenvalue weighted by molar-refractivity contribution is -0.870. The minimum atomic E-state index is -1.53. The number of nitrogens with zero attached hydrogens (tertiary/aromatic N) is 1. The molecule has 0 aromatic heterocycles. The molecule has 0 spiro atoms. The molecule has 0 amide bonds. The van der Waals surface area contributed by atoms with Crippen molar-refractivity contribution in [2.75, 3.05) is 47.5 Å². The second kappa shape index (κ2) is 47.2. The van der Waals surface area contributed by atoms with Crippen LogP contribution in [-0.2, 0) is 33.3 Å². The molecule has 0 aliphatic rings. The normalized spacial score (nSPS) is 13.9. The minimum absolute atomic E-state index is 0.173. The highest BCUT2D eigenvalue weighted by atomic mass is 16.7. The first-order chi connectivity index (χ1) is 32.1. The molecule has 0 saturated carbocycles. The van der Waals surface area contributed by atoms with Gasteiger partial charge in [-0.3, -0.25) is 9.59 Å². The number of rotatable bonds is 44.